The summed E-state index contributed by atoms with van der Waals surface area (Å²) >= 11 is 0. The number of amides is 1. The molecule has 0 aromatic carbocycles. The minimum Gasteiger partial charge on any atom is -0.481 e. The van der Waals surface area contributed by atoms with Crippen molar-refractivity contribution in [1.82, 2.24) is 10.2 Å². The number of carboxylic acid groups (broad SMARTS) is 1. The molecule has 2 rings (SSSR count). The average molecular weight is 284 g/mol. The van der Waals surface area contributed by atoms with Crippen LogP contribution in [0.1, 0.15) is 26.7 Å². The van der Waals surface area contributed by atoms with E-state index in [0.29, 0.717) is 19.2 Å². The van der Waals surface area contributed by atoms with E-state index in [-0.39, 0.29) is 24.5 Å². The first-order chi connectivity index (χ1) is 9.54. The molecule has 0 aliphatic carbocycles. The second kappa shape index (κ2) is 6.54. The molecule has 2 aliphatic heterocycles. The van der Waals surface area contributed by atoms with Gasteiger partial charge in [-0.05, 0) is 33.2 Å². The zero-order chi connectivity index (χ0) is 14.7. The van der Waals surface area contributed by atoms with Crippen molar-refractivity contribution in [3.63, 3.8) is 0 Å². The Labute approximate surface area is 119 Å². The summed E-state index contributed by atoms with van der Waals surface area (Å²) in [5.41, 5.74) is 0. The highest BCUT2D eigenvalue weighted by Crippen LogP contribution is 2.25. The standard InChI is InChI=1S/C14H24N2O4/c1-3-16(12-8-20-7-11(12)14(18)19)13(17)10-4-5-15-9(2)6-10/h9-12,15H,3-8H2,1-2H3,(H,18,19). The highest BCUT2D eigenvalue weighted by Gasteiger charge is 2.41. The van der Waals surface area contributed by atoms with Gasteiger partial charge in [0, 0.05) is 18.5 Å². The molecular formula is C14H24N2O4. The minimum atomic E-state index is -0.877. The lowest BCUT2D eigenvalue weighted by atomic mass is 9.90. The van der Waals surface area contributed by atoms with Crippen LogP contribution in [0.5, 0.6) is 0 Å². The van der Waals surface area contributed by atoms with E-state index in [9.17, 15) is 14.7 Å². The van der Waals surface area contributed by atoms with E-state index in [0.717, 1.165) is 19.4 Å². The fourth-order valence-corrected chi connectivity index (χ4v) is 3.23. The smallest absolute Gasteiger partial charge is 0.311 e. The van der Waals surface area contributed by atoms with Crippen molar-refractivity contribution in [2.24, 2.45) is 11.8 Å². The van der Waals surface area contributed by atoms with Crippen LogP contribution in [0.3, 0.4) is 0 Å². The Balaban J connectivity index is 2.06. The monoisotopic (exact) mass is 284 g/mol. The third kappa shape index (κ3) is 3.12. The van der Waals surface area contributed by atoms with E-state index < -0.39 is 11.9 Å². The van der Waals surface area contributed by atoms with Gasteiger partial charge in [-0.15, -0.1) is 0 Å². The molecule has 0 saturated carbocycles. The van der Waals surface area contributed by atoms with Gasteiger partial charge in [-0.3, -0.25) is 9.59 Å². The van der Waals surface area contributed by atoms with Gasteiger partial charge < -0.3 is 20.1 Å². The van der Waals surface area contributed by atoms with Gasteiger partial charge in [-0.1, -0.05) is 0 Å². The zero-order valence-corrected chi connectivity index (χ0v) is 12.2. The number of carboxylic acids is 1. The first-order valence-electron chi connectivity index (χ1n) is 7.39. The first-order valence-corrected chi connectivity index (χ1v) is 7.39. The second-order valence-electron chi connectivity index (χ2n) is 5.75. The third-order valence-corrected chi connectivity index (χ3v) is 4.36. The number of piperidine rings is 1. The molecule has 0 radical (unpaired) electrons. The van der Waals surface area contributed by atoms with Gasteiger partial charge in [0.25, 0.3) is 0 Å². The minimum absolute atomic E-state index is 0.00115. The number of hydrogen-bond acceptors (Lipinski definition) is 4. The number of carbonyl (C=O) groups is 2. The van der Waals surface area contributed by atoms with Crippen molar-refractivity contribution in [1.29, 1.82) is 0 Å². The Kier molecular flexibility index (Phi) is 4.99. The molecule has 2 aliphatic rings. The van der Waals surface area contributed by atoms with Gasteiger partial charge in [0.1, 0.15) is 5.92 Å². The molecule has 2 heterocycles. The van der Waals surface area contributed by atoms with Gasteiger partial charge >= 0.3 is 5.97 Å². The summed E-state index contributed by atoms with van der Waals surface area (Å²) in [5.74, 6) is -1.39. The summed E-state index contributed by atoms with van der Waals surface area (Å²) in [5, 5.41) is 12.6. The summed E-state index contributed by atoms with van der Waals surface area (Å²) in [4.78, 5) is 25.7. The molecule has 1 amide bonds. The summed E-state index contributed by atoms with van der Waals surface area (Å²) in [6.07, 6.45) is 1.64. The lowest BCUT2D eigenvalue weighted by molar-refractivity contribution is -0.146. The summed E-state index contributed by atoms with van der Waals surface area (Å²) in [6.45, 7) is 5.89. The Hall–Kier alpha value is -1.14. The Morgan fingerprint density at radius 1 is 1.40 bits per heavy atom. The maximum absolute atomic E-state index is 12.7. The van der Waals surface area contributed by atoms with Crippen LogP contribution in [0, 0.1) is 11.8 Å². The van der Waals surface area contributed by atoms with E-state index in [1.54, 1.807) is 4.90 Å². The van der Waals surface area contributed by atoms with Crippen LogP contribution >= 0.6 is 0 Å². The number of aliphatic carboxylic acids is 1. The van der Waals surface area contributed by atoms with Crippen LogP contribution in [0.15, 0.2) is 0 Å². The normalized spacial score (nSPS) is 33.9. The van der Waals surface area contributed by atoms with Crippen LogP contribution in [-0.4, -0.2) is 60.3 Å². The molecule has 0 aromatic rings. The van der Waals surface area contributed by atoms with Crippen LogP contribution < -0.4 is 5.32 Å². The van der Waals surface area contributed by atoms with Crippen LogP contribution in [-0.2, 0) is 14.3 Å². The topological polar surface area (TPSA) is 78.9 Å². The number of ether oxygens (including phenoxy) is 1. The predicted molar refractivity (Wildman–Crippen MR) is 73.3 cm³/mol. The van der Waals surface area contributed by atoms with Crippen LogP contribution in [0.2, 0.25) is 0 Å². The Morgan fingerprint density at radius 2 is 2.15 bits per heavy atom. The number of hydrogen-bond donors (Lipinski definition) is 2. The molecule has 0 bridgehead atoms. The lowest BCUT2D eigenvalue weighted by Crippen LogP contribution is -2.51. The van der Waals surface area contributed by atoms with E-state index in [4.69, 9.17) is 4.74 Å². The molecule has 2 fully saturated rings. The van der Waals surface area contributed by atoms with Crippen molar-refractivity contribution < 1.29 is 19.4 Å². The van der Waals surface area contributed by atoms with Crippen molar-refractivity contribution in [3.8, 4) is 0 Å². The van der Waals surface area contributed by atoms with Crippen molar-refractivity contribution >= 4 is 11.9 Å². The molecule has 2 saturated heterocycles. The second-order valence-corrected chi connectivity index (χ2v) is 5.75. The highest BCUT2D eigenvalue weighted by molar-refractivity contribution is 5.81. The maximum atomic E-state index is 12.7. The molecule has 0 aromatic heterocycles. The summed E-state index contributed by atoms with van der Waals surface area (Å²) in [6, 6.07) is 0.0155. The molecule has 6 nitrogen and oxygen atoms in total. The van der Waals surface area contributed by atoms with E-state index >= 15 is 0 Å². The van der Waals surface area contributed by atoms with Gasteiger partial charge in [0.2, 0.25) is 5.91 Å². The van der Waals surface area contributed by atoms with Crippen LogP contribution in [0.25, 0.3) is 0 Å². The average Bonchev–Trinajstić information content (AvgIpc) is 2.89. The third-order valence-electron chi connectivity index (χ3n) is 4.36. The lowest BCUT2D eigenvalue weighted by Gasteiger charge is -2.35. The van der Waals surface area contributed by atoms with Crippen molar-refractivity contribution in [2.75, 3.05) is 26.3 Å². The fraction of sp³-hybridized carbons (Fsp3) is 0.857. The summed E-state index contributed by atoms with van der Waals surface area (Å²) in [7, 11) is 0. The molecule has 4 unspecified atom stereocenters. The quantitative estimate of drug-likeness (QED) is 0.777. The molecule has 4 atom stereocenters. The van der Waals surface area contributed by atoms with Crippen molar-refractivity contribution in [3.05, 3.63) is 0 Å². The predicted octanol–water partition coefficient (Wildman–Crippen LogP) is 0.323. The Bertz CT molecular complexity index is 374. The molecular weight excluding hydrogens is 260 g/mol. The zero-order valence-electron chi connectivity index (χ0n) is 12.2. The fourth-order valence-electron chi connectivity index (χ4n) is 3.23. The maximum Gasteiger partial charge on any atom is 0.311 e. The molecule has 2 N–H and O–H groups in total. The van der Waals surface area contributed by atoms with Gasteiger partial charge in [0.15, 0.2) is 0 Å². The number of likely N-dealkylation sites (N-methyl/N-ethyl adjacent to an activating group) is 1. The van der Waals surface area contributed by atoms with Crippen LogP contribution in [0.4, 0.5) is 0 Å². The van der Waals surface area contributed by atoms with E-state index in [2.05, 4.69) is 12.2 Å². The van der Waals surface area contributed by atoms with E-state index in [1.165, 1.54) is 0 Å². The molecule has 0 spiro atoms. The van der Waals surface area contributed by atoms with Gasteiger partial charge in [-0.25, -0.2) is 0 Å². The first kappa shape index (κ1) is 15.3. The highest BCUT2D eigenvalue weighted by atomic mass is 16.5. The number of nitrogens with zero attached hydrogens (tertiary/aromatic N) is 1. The largest absolute Gasteiger partial charge is 0.481 e. The van der Waals surface area contributed by atoms with Gasteiger partial charge in [-0.2, -0.15) is 0 Å². The molecule has 6 heteroatoms. The SMILES string of the molecule is CCN(C(=O)C1CCNC(C)C1)C1COCC1C(=O)O. The van der Waals surface area contributed by atoms with Gasteiger partial charge in [0.05, 0.1) is 19.3 Å². The van der Waals surface area contributed by atoms with E-state index in [1.807, 2.05) is 6.92 Å². The summed E-state index contributed by atoms with van der Waals surface area (Å²) < 4.78 is 5.29. The number of nitrogens with one attached hydrogen (secondary N) is 1. The molecule has 20 heavy (non-hydrogen) atoms. The molecule has 114 valence electrons. The van der Waals surface area contributed by atoms with Crippen molar-refractivity contribution in [2.45, 2.75) is 38.8 Å². The number of carbonyl (C=O) groups excluding carboxylic acids is 1. The number of rotatable bonds is 4. The Morgan fingerprint density at radius 3 is 2.75 bits per heavy atom.